The molecule has 0 amide bonds. The van der Waals surface area contributed by atoms with Gasteiger partial charge in [0.2, 0.25) is 0 Å². The Hall–Kier alpha value is -2.95. The molecular formula is C26H37B6N5O2. The molecule has 4 rings (SSSR count). The van der Waals surface area contributed by atoms with Crippen molar-refractivity contribution < 1.29 is 9.84 Å². The molecule has 1 aliphatic heterocycles. The standard InChI is InChI=1S/C26H37B6N5O2/c1-36-9-6-21(7-10-36)37-15-20(14-35-37)19-12-22(23(33)34-13-19)39-16-18-4-2-3-17(11-18)5-8-24(38,25(27,28)29)26(30,31)32/h2-4,11-15,21,38H,6-7,9-10,16,27-32H2,1H3,(H2,33,34). The van der Waals surface area contributed by atoms with E-state index in [1.807, 2.05) is 83.6 Å². The highest BCUT2D eigenvalue weighted by molar-refractivity contribution is 6.65. The fourth-order valence-corrected chi connectivity index (χ4v) is 5.24. The molecule has 0 saturated carbocycles. The number of benzene rings is 1. The van der Waals surface area contributed by atoms with Crippen molar-refractivity contribution in [1.82, 2.24) is 19.7 Å². The van der Waals surface area contributed by atoms with Gasteiger partial charge in [-0.3, -0.25) is 4.68 Å². The molecule has 1 aromatic carbocycles. The number of anilines is 1. The van der Waals surface area contributed by atoms with Crippen LogP contribution in [0.15, 0.2) is 48.9 Å². The predicted molar refractivity (Wildman–Crippen MR) is 175 cm³/mol. The van der Waals surface area contributed by atoms with Crippen LogP contribution >= 0.6 is 0 Å². The molecule has 196 valence electrons. The number of aromatic nitrogens is 3. The van der Waals surface area contributed by atoms with Crippen molar-refractivity contribution >= 4 is 52.9 Å². The maximum Gasteiger partial charge on any atom is 0.166 e. The summed E-state index contributed by atoms with van der Waals surface area (Å²) >= 11 is 0. The van der Waals surface area contributed by atoms with Crippen LogP contribution in [0.5, 0.6) is 5.75 Å². The lowest BCUT2D eigenvalue weighted by atomic mass is 9.23. The van der Waals surface area contributed by atoms with E-state index >= 15 is 0 Å². The third-order valence-electron chi connectivity index (χ3n) is 7.76. The zero-order valence-electron chi connectivity index (χ0n) is 24.5. The Morgan fingerprint density at radius 3 is 2.41 bits per heavy atom. The molecule has 1 saturated heterocycles. The molecule has 0 unspecified atom stereocenters. The third kappa shape index (κ3) is 6.62. The predicted octanol–water partition coefficient (Wildman–Crippen LogP) is -2.60. The van der Waals surface area contributed by atoms with Gasteiger partial charge in [-0.25, -0.2) is 4.98 Å². The monoisotopic (exact) mass is 517 g/mol. The molecular weight excluding hydrogens is 479 g/mol. The van der Waals surface area contributed by atoms with Crippen molar-refractivity contribution in [3.8, 4) is 28.7 Å². The van der Waals surface area contributed by atoms with E-state index in [0.29, 0.717) is 24.2 Å². The quantitative estimate of drug-likeness (QED) is 0.265. The summed E-state index contributed by atoms with van der Waals surface area (Å²) < 4.78 is 8.19. The number of hydrogen-bond acceptors (Lipinski definition) is 6. The van der Waals surface area contributed by atoms with Crippen LogP contribution in [0.3, 0.4) is 0 Å². The van der Waals surface area contributed by atoms with Gasteiger partial charge in [-0.05, 0) is 56.7 Å². The number of nitrogens with two attached hydrogens (primary N) is 1. The largest absolute Gasteiger partial charge is 0.485 e. The summed E-state index contributed by atoms with van der Waals surface area (Å²) in [6.45, 7) is 2.49. The molecule has 0 spiro atoms. The highest BCUT2D eigenvalue weighted by atomic mass is 16.5. The second-order valence-electron chi connectivity index (χ2n) is 12.8. The molecule has 1 aliphatic rings. The number of hydrogen-bond donors (Lipinski definition) is 2. The van der Waals surface area contributed by atoms with E-state index in [-0.39, 0.29) is 0 Å². The van der Waals surface area contributed by atoms with Gasteiger partial charge in [0, 0.05) is 29.1 Å². The van der Waals surface area contributed by atoms with Crippen LogP contribution in [0.25, 0.3) is 11.1 Å². The van der Waals surface area contributed by atoms with Gasteiger partial charge in [0.05, 0.1) is 64.9 Å². The minimum atomic E-state index is -1.16. The van der Waals surface area contributed by atoms with Crippen LogP contribution in [0.2, 0.25) is 10.2 Å². The first kappa shape index (κ1) is 29.0. The Labute approximate surface area is 238 Å². The van der Waals surface area contributed by atoms with E-state index in [9.17, 15) is 5.11 Å². The zero-order valence-corrected chi connectivity index (χ0v) is 24.5. The Morgan fingerprint density at radius 1 is 1.05 bits per heavy atom. The molecule has 0 radical (unpaired) electrons. The van der Waals surface area contributed by atoms with Gasteiger partial charge in [0.1, 0.15) is 6.61 Å². The van der Waals surface area contributed by atoms with Gasteiger partial charge >= 0.3 is 0 Å². The Kier molecular flexibility index (Phi) is 8.39. The number of pyridine rings is 1. The lowest BCUT2D eigenvalue weighted by Crippen LogP contribution is -2.54. The summed E-state index contributed by atoms with van der Waals surface area (Å²) in [5.41, 5.74) is 8.69. The Balaban J connectivity index is 1.48. The fraction of sp³-hybridized carbons (Fsp3) is 0.385. The number of piperidine rings is 1. The summed E-state index contributed by atoms with van der Waals surface area (Å²) in [4.78, 5) is 6.73. The molecule has 39 heavy (non-hydrogen) atoms. The van der Waals surface area contributed by atoms with Crippen molar-refractivity contribution in [3.05, 3.63) is 60.0 Å². The average molecular weight is 516 g/mol. The zero-order chi connectivity index (χ0) is 28.4. The first-order valence-electron chi connectivity index (χ1n) is 13.7. The molecule has 3 aromatic rings. The molecule has 3 heterocycles. The highest BCUT2D eigenvalue weighted by Gasteiger charge is 2.46. The number of likely N-dealkylation sites (tertiary alicyclic amines) is 1. The molecule has 7 nitrogen and oxygen atoms in total. The third-order valence-corrected chi connectivity index (χ3v) is 7.76. The minimum Gasteiger partial charge on any atom is -0.485 e. The lowest BCUT2D eigenvalue weighted by Gasteiger charge is -2.47. The summed E-state index contributed by atoms with van der Waals surface area (Å²) in [5, 5.41) is 15.3. The maximum atomic E-state index is 11.5. The van der Waals surface area contributed by atoms with Crippen LogP contribution in [0, 0.1) is 11.8 Å². The van der Waals surface area contributed by atoms with Crippen molar-refractivity contribution in [1.29, 1.82) is 0 Å². The fourth-order valence-electron chi connectivity index (χ4n) is 5.24. The van der Waals surface area contributed by atoms with Crippen LogP contribution in [-0.2, 0) is 6.61 Å². The van der Waals surface area contributed by atoms with Crippen LogP contribution < -0.4 is 10.5 Å². The average Bonchev–Trinajstić information content (AvgIpc) is 3.36. The SMILES string of the molecule is BC(B)(B)C(O)(C#Cc1cccc(COc2cc(-c3cnn(C4CCN(C)CC4)c3)cnc2N)c1)C(B)(B)B. The summed E-state index contributed by atoms with van der Waals surface area (Å²) in [5.74, 6) is 7.26. The van der Waals surface area contributed by atoms with Gasteiger partial charge < -0.3 is 20.5 Å². The molecule has 0 bridgehead atoms. The van der Waals surface area contributed by atoms with Gasteiger partial charge in [0.15, 0.2) is 11.6 Å². The Bertz CT molecular complexity index is 1350. The van der Waals surface area contributed by atoms with Gasteiger partial charge in [0.25, 0.3) is 0 Å². The van der Waals surface area contributed by atoms with Crippen molar-refractivity contribution in [2.24, 2.45) is 0 Å². The number of ether oxygens (including phenoxy) is 1. The van der Waals surface area contributed by atoms with E-state index in [1.54, 1.807) is 6.20 Å². The molecule has 3 N–H and O–H groups in total. The topological polar surface area (TPSA) is 89.4 Å². The van der Waals surface area contributed by atoms with Crippen LogP contribution in [0.4, 0.5) is 5.82 Å². The molecule has 0 atom stereocenters. The second-order valence-corrected chi connectivity index (χ2v) is 12.8. The van der Waals surface area contributed by atoms with E-state index < -0.39 is 15.8 Å². The molecule has 1 fully saturated rings. The first-order chi connectivity index (χ1) is 18.3. The number of aliphatic hydroxyl groups is 1. The lowest BCUT2D eigenvalue weighted by molar-refractivity contribution is 0.103. The molecule has 0 aliphatic carbocycles. The van der Waals surface area contributed by atoms with Crippen LogP contribution in [0.1, 0.15) is 30.0 Å². The van der Waals surface area contributed by atoms with Crippen LogP contribution in [-0.4, -0.2) is 97.6 Å². The normalized spacial score (nSPS) is 15.4. The summed E-state index contributed by atoms with van der Waals surface area (Å²) in [6, 6.07) is 10.2. The highest BCUT2D eigenvalue weighted by Crippen LogP contribution is 2.42. The van der Waals surface area contributed by atoms with Crippen molar-refractivity contribution in [2.75, 3.05) is 25.9 Å². The van der Waals surface area contributed by atoms with Gasteiger partial charge in [-0.15, -0.1) is 0 Å². The maximum absolute atomic E-state index is 11.5. The van der Waals surface area contributed by atoms with E-state index in [4.69, 9.17) is 10.5 Å². The van der Waals surface area contributed by atoms with Gasteiger partial charge in [-0.2, -0.15) is 5.10 Å². The second kappa shape index (κ2) is 11.3. The smallest absolute Gasteiger partial charge is 0.166 e. The van der Waals surface area contributed by atoms with E-state index in [2.05, 4.69) is 44.7 Å². The van der Waals surface area contributed by atoms with E-state index in [0.717, 1.165) is 48.2 Å². The summed E-state index contributed by atoms with van der Waals surface area (Å²) in [7, 11) is 14.3. The van der Waals surface area contributed by atoms with E-state index in [1.165, 1.54) is 0 Å². The number of rotatable bonds is 7. The Morgan fingerprint density at radius 2 is 1.74 bits per heavy atom. The summed E-state index contributed by atoms with van der Waals surface area (Å²) in [6.07, 6.45) is 7.93. The number of nitrogens with zero attached hydrogens (tertiary/aromatic N) is 4. The van der Waals surface area contributed by atoms with Crippen molar-refractivity contribution in [3.63, 3.8) is 0 Å². The molecule has 2 aromatic heterocycles. The number of nitrogen functional groups attached to an aromatic ring is 1. The first-order valence-corrected chi connectivity index (χ1v) is 13.7. The molecule has 13 heteroatoms. The van der Waals surface area contributed by atoms with Gasteiger partial charge in [-0.1, -0.05) is 34.2 Å². The minimum absolute atomic E-state index is 0.322. The van der Waals surface area contributed by atoms with Crippen molar-refractivity contribution in [2.45, 2.75) is 41.3 Å².